The van der Waals surface area contributed by atoms with Crippen LogP contribution in [0.4, 0.5) is 0 Å². The van der Waals surface area contributed by atoms with Gasteiger partial charge in [-0.05, 0) is 17.7 Å². The van der Waals surface area contributed by atoms with Crippen molar-refractivity contribution in [2.45, 2.75) is 11.5 Å². The zero-order chi connectivity index (χ0) is 11.8. The molecule has 1 heterocycles. The Balaban J connectivity index is 2.37. The third-order valence-electron chi connectivity index (χ3n) is 3.07. The van der Waals surface area contributed by atoms with E-state index in [4.69, 9.17) is 33.7 Å². The predicted molar refractivity (Wildman–Crippen MR) is 64.0 cm³/mol. The molecule has 5 heteroatoms. The van der Waals surface area contributed by atoms with Crippen LogP contribution in [0.3, 0.4) is 0 Å². The second-order valence-electron chi connectivity index (χ2n) is 4.03. The Morgan fingerprint density at radius 2 is 2.06 bits per heavy atom. The molecule has 1 saturated heterocycles. The highest BCUT2D eigenvalue weighted by Gasteiger charge is 2.46. The molecule has 1 aromatic carbocycles. The lowest BCUT2D eigenvalue weighted by Gasteiger charge is -2.45. The van der Waals surface area contributed by atoms with Gasteiger partial charge in [0.05, 0.1) is 34.8 Å². The third kappa shape index (κ3) is 1.83. The minimum Gasteiger partial charge on any atom is -0.391 e. The van der Waals surface area contributed by atoms with Crippen molar-refractivity contribution in [3.05, 3.63) is 33.8 Å². The molecule has 1 atom stereocenters. The maximum atomic E-state index is 9.96. The molecule has 88 valence electrons. The largest absolute Gasteiger partial charge is 0.391 e. The van der Waals surface area contributed by atoms with Crippen molar-refractivity contribution in [1.82, 2.24) is 0 Å². The molecule has 3 N–H and O–H groups in total. The van der Waals surface area contributed by atoms with Crippen LogP contribution < -0.4 is 5.73 Å². The predicted octanol–water partition coefficient (Wildman–Crippen LogP) is 1.58. The van der Waals surface area contributed by atoms with Crippen molar-refractivity contribution in [1.29, 1.82) is 0 Å². The fourth-order valence-electron chi connectivity index (χ4n) is 1.90. The summed E-state index contributed by atoms with van der Waals surface area (Å²) in [5, 5.41) is 10.9. The fourth-order valence-corrected chi connectivity index (χ4v) is 2.20. The molecular formula is C11H13Cl2NO2. The van der Waals surface area contributed by atoms with Crippen molar-refractivity contribution in [3.8, 4) is 0 Å². The van der Waals surface area contributed by atoms with E-state index in [9.17, 15) is 5.11 Å². The van der Waals surface area contributed by atoms with E-state index in [1.807, 2.05) is 6.07 Å². The van der Waals surface area contributed by atoms with Gasteiger partial charge in [0.15, 0.2) is 0 Å². The quantitative estimate of drug-likeness (QED) is 0.869. The molecule has 0 aromatic heterocycles. The average Bonchev–Trinajstić information content (AvgIpc) is 2.21. The van der Waals surface area contributed by atoms with Crippen molar-refractivity contribution in [2.24, 2.45) is 5.73 Å². The summed E-state index contributed by atoms with van der Waals surface area (Å²) in [7, 11) is 0. The van der Waals surface area contributed by atoms with Gasteiger partial charge in [-0.15, -0.1) is 0 Å². The number of benzene rings is 1. The smallest absolute Gasteiger partial charge is 0.0803 e. The van der Waals surface area contributed by atoms with Gasteiger partial charge < -0.3 is 15.6 Å². The van der Waals surface area contributed by atoms with E-state index in [-0.39, 0.29) is 6.54 Å². The number of aliphatic hydroxyl groups excluding tert-OH is 1. The maximum absolute atomic E-state index is 9.96. The van der Waals surface area contributed by atoms with Gasteiger partial charge in [0.2, 0.25) is 0 Å². The highest BCUT2D eigenvalue weighted by Crippen LogP contribution is 2.38. The van der Waals surface area contributed by atoms with Crippen LogP contribution in [-0.2, 0) is 10.2 Å². The SMILES string of the molecule is NCC(O)C1(c2ccc(Cl)c(Cl)c2)COC1. The Morgan fingerprint density at radius 1 is 1.38 bits per heavy atom. The van der Waals surface area contributed by atoms with Crippen LogP contribution >= 0.6 is 23.2 Å². The minimum atomic E-state index is -0.626. The van der Waals surface area contributed by atoms with Crippen LogP contribution in [0.25, 0.3) is 0 Å². The number of rotatable bonds is 3. The van der Waals surface area contributed by atoms with Crippen molar-refractivity contribution in [3.63, 3.8) is 0 Å². The number of hydrogen-bond donors (Lipinski definition) is 2. The van der Waals surface area contributed by atoms with E-state index in [0.29, 0.717) is 23.3 Å². The zero-order valence-corrected chi connectivity index (χ0v) is 10.1. The lowest BCUT2D eigenvalue weighted by molar-refractivity contribution is -0.116. The van der Waals surface area contributed by atoms with Crippen LogP contribution in [0, 0.1) is 0 Å². The molecule has 0 bridgehead atoms. The summed E-state index contributed by atoms with van der Waals surface area (Å²) < 4.78 is 5.19. The van der Waals surface area contributed by atoms with E-state index in [2.05, 4.69) is 0 Å². The Morgan fingerprint density at radius 3 is 2.50 bits per heavy atom. The Hall–Kier alpha value is -0.320. The van der Waals surface area contributed by atoms with Crippen LogP contribution in [-0.4, -0.2) is 31.0 Å². The summed E-state index contributed by atoms with van der Waals surface area (Å²) in [4.78, 5) is 0. The van der Waals surface area contributed by atoms with Crippen molar-refractivity contribution in [2.75, 3.05) is 19.8 Å². The molecular weight excluding hydrogens is 249 g/mol. The Labute approximate surface area is 104 Å². The van der Waals surface area contributed by atoms with E-state index in [0.717, 1.165) is 5.56 Å². The first-order valence-corrected chi connectivity index (χ1v) is 5.77. The first kappa shape index (κ1) is 12.1. The van der Waals surface area contributed by atoms with Crippen LogP contribution in [0.1, 0.15) is 5.56 Å². The van der Waals surface area contributed by atoms with Crippen LogP contribution in [0.2, 0.25) is 10.0 Å². The van der Waals surface area contributed by atoms with Gasteiger partial charge in [-0.2, -0.15) is 0 Å². The topological polar surface area (TPSA) is 55.5 Å². The molecule has 1 aromatic rings. The van der Waals surface area contributed by atoms with E-state index in [1.54, 1.807) is 12.1 Å². The van der Waals surface area contributed by atoms with E-state index >= 15 is 0 Å². The summed E-state index contributed by atoms with van der Waals surface area (Å²) in [6.07, 6.45) is -0.626. The highest BCUT2D eigenvalue weighted by molar-refractivity contribution is 6.42. The molecule has 1 aliphatic rings. The molecule has 0 radical (unpaired) electrons. The van der Waals surface area contributed by atoms with Crippen LogP contribution in [0.5, 0.6) is 0 Å². The van der Waals surface area contributed by atoms with Crippen molar-refractivity contribution >= 4 is 23.2 Å². The van der Waals surface area contributed by atoms with Gasteiger partial charge in [0, 0.05) is 6.54 Å². The normalized spacial score (nSPS) is 20.2. The molecule has 0 saturated carbocycles. The molecule has 16 heavy (non-hydrogen) atoms. The lowest BCUT2D eigenvalue weighted by atomic mass is 9.74. The fraction of sp³-hybridized carbons (Fsp3) is 0.455. The second kappa shape index (κ2) is 4.51. The first-order valence-electron chi connectivity index (χ1n) is 5.01. The van der Waals surface area contributed by atoms with Gasteiger partial charge in [-0.3, -0.25) is 0 Å². The summed E-state index contributed by atoms with van der Waals surface area (Å²) >= 11 is 11.8. The Bertz CT molecular complexity index is 394. The third-order valence-corrected chi connectivity index (χ3v) is 3.81. The molecule has 1 unspecified atom stereocenters. The average molecular weight is 262 g/mol. The zero-order valence-electron chi connectivity index (χ0n) is 8.62. The number of halogens is 2. The van der Waals surface area contributed by atoms with E-state index < -0.39 is 11.5 Å². The monoisotopic (exact) mass is 261 g/mol. The summed E-state index contributed by atoms with van der Waals surface area (Å²) in [5.41, 5.74) is 6.00. The molecule has 1 fully saturated rings. The van der Waals surface area contributed by atoms with Crippen LogP contribution in [0.15, 0.2) is 18.2 Å². The van der Waals surface area contributed by atoms with Gasteiger partial charge >= 0.3 is 0 Å². The number of aliphatic hydroxyl groups is 1. The highest BCUT2D eigenvalue weighted by atomic mass is 35.5. The lowest BCUT2D eigenvalue weighted by Crippen LogP contribution is -2.57. The Kier molecular flexibility index (Phi) is 3.42. The molecule has 0 aliphatic carbocycles. The summed E-state index contributed by atoms with van der Waals surface area (Å²) in [6, 6.07) is 5.35. The molecule has 3 nitrogen and oxygen atoms in total. The van der Waals surface area contributed by atoms with E-state index in [1.165, 1.54) is 0 Å². The summed E-state index contributed by atoms with van der Waals surface area (Å²) in [5.74, 6) is 0. The molecule has 0 spiro atoms. The van der Waals surface area contributed by atoms with Crippen molar-refractivity contribution < 1.29 is 9.84 Å². The molecule has 0 amide bonds. The number of ether oxygens (including phenoxy) is 1. The van der Waals surface area contributed by atoms with Gasteiger partial charge in [-0.25, -0.2) is 0 Å². The maximum Gasteiger partial charge on any atom is 0.0803 e. The minimum absolute atomic E-state index is 0.198. The van der Waals surface area contributed by atoms with Gasteiger partial charge in [-0.1, -0.05) is 29.3 Å². The van der Waals surface area contributed by atoms with Gasteiger partial charge in [0.25, 0.3) is 0 Å². The standard InChI is InChI=1S/C11H13Cl2NO2/c12-8-2-1-7(3-9(8)13)11(5-16-6-11)10(15)4-14/h1-3,10,15H,4-6,14H2. The van der Waals surface area contributed by atoms with Gasteiger partial charge in [0.1, 0.15) is 0 Å². The molecule has 2 rings (SSSR count). The summed E-state index contributed by atoms with van der Waals surface area (Å²) in [6.45, 7) is 1.12. The second-order valence-corrected chi connectivity index (χ2v) is 4.84. The number of nitrogens with two attached hydrogens (primary N) is 1. The molecule has 1 aliphatic heterocycles. The first-order chi connectivity index (χ1) is 7.60. The number of hydrogen-bond acceptors (Lipinski definition) is 3.